The van der Waals surface area contributed by atoms with Crippen molar-refractivity contribution in [2.24, 2.45) is 5.14 Å². The lowest BCUT2D eigenvalue weighted by molar-refractivity contribution is 0.0746. The molecule has 3 rings (SSSR count). The molecular formula is C20H23N3O4S. The molecule has 28 heavy (non-hydrogen) atoms. The van der Waals surface area contributed by atoms with Crippen molar-refractivity contribution in [1.29, 1.82) is 0 Å². The predicted molar refractivity (Wildman–Crippen MR) is 107 cm³/mol. The second-order valence-corrected chi connectivity index (χ2v) is 8.44. The Labute approximate surface area is 164 Å². The maximum Gasteiger partial charge on any atom is 0.254 e. The largest absolute Gasteiger partial charge is 0.368 e. The van der Waals surface area contributed by atoms with E-state index in [1.165, 1.54) is 13.0 Å². The first-order chi connectivity index (χ1) is 13.2. The number of ketones is 1. The summed E-state index contributed by atoms with van der Waals surface area (Å²) in [5.74, 6) is -0.185. The van der Waals surface area contributed by atoms with E-state index in [2.05, 4.69) is 4.90 Å². The molecule has 0 unspecified atom stereocenters. The van der Waals surface area contributed by atoms with E-state index < -0.39 is 10.0 Å². The van der Waals surface area contributed by atoms with Gasteiger partial charge in [0.05, 0.1) is 4.90 Å². The summed E-state index contributed by atoms with van der Waals surface area (Å²) in [6, 6.07) is 12.0. The molecule has 2 aromatic rings. The second-order valence-electron chi connectivity index (χ2n) is 6.91. The number of hydrogen-bond acceptors (Lipinski definition) is 5. The maximum atomic E-state index is 12.8. The van der Waals surface area contributed by atoms with Crippen LogP contribution in [0.5, 0.6) is 0 Å². The number of rotatable bonds is 4. The third-order valence-corrected chi connectivity index (χ3v) is 6.00. The molecule has 0 radical (unpaired) electrons. The summed E-state index contributed by atoms with van der Waals surface area (Å²) in [5, 5.41) is 5.24. The van der Waals surface area contributed by atoms with Crippen LogP contribution in [-0.2, 0) is 10.0 Å². The molecule has 0 saturated carbocycles. The molecule has 8 heteroatoms. The first-order valence-electron chi connectivity index (χ1n) is 8.95. The molecule has 1 amide bonds. The fourth-order valence-electron chi connectivity index (χ4n) is 3.30. The molecule has 2 aromatic carbocycles. The zero-order valence-electron chi connectivity index (χ0n) is 15.9. The Balaban J connectivity index is 1.69. The van der Waals surface area contributed by atoms with Gasteiger partial charge in [0.15, 0.2) is 5.78 Å². The zero-order chi connectivity index (χ0) is 20.5. The number of piperazine rings is 1. The molecule has 0 aromatic heterocycles. The Morgan fingerprint density at radius 3 is 2.04 bits per heavy atom. The molecule has 0 aliphatic carbocycles. The highest BCUT2D eigenvalue weighted by molar-refractivity contribution is 7.89. The SMILES string of the molecule is CC(=O)c1ccc(N2CCN(C(=O)c3ccc(C)c(S(N)(=O)=O)c3)CC2)cc1. The van der Waals surface area contributed by atoms with Crippen molar-refractivity contribution in [2.75, 3.05) is 31.1 Å². The number of nitrogens with two attached hydrogens (primary N) is 1. The van der Waals surface area contributed by atoms with Crippen molar-refractivity contribution in [2.45, 2.75) is 18.7 Å². The smallest absolute Gasteiger partial charge is 0.254 e. The number of aryl methyl sites for hydroxylation is 1. The summed E-state index contributed by atoms with van der Waals surface area (Å²) in [6.45, 7) is 5.52. The van der Waals surface area contributed by atoms with Gasteiger partial charge in [0, 0.05) is 43.0 Å². The van der Waals surface area contributed by atoms with Crippen LogP contribution in [0.15, 0.2) is 47.4 Å². The van der Waals surface area contributed by atoms with Crippen LogP contribution >= 0.6 is 0 Å². The lowest BCUT2D eigenvalue weighted by Crippen LogP contribution is -2.48. The van der Waals surface area contributed by atoms with Crippen LogP contribution in [0.1, 0.15) is 33.2 Å². The zero-order valence-corrected chi connectivity index (χ0v) is 16.7. The van der Waals surface area contributed by atoms with E-state index in [-0.39, 0.29) is 16.6 Å². The highest BCUT2D eigenvalue weighted by Gasteiger charge is 2.24. The molecule has 0 spiro atoms. The minimum absolute atomic E-state index is 0.0254. The second kappa shape index (κ2) is 7.73. The van der Waals surface area contributed by atoms with Crippen molar-refractivity contribution in [1.82, 2.24) is 4.90 Å². The molecule has 2 N–H and O–H groups in total. The fraction of sp³-hybridized carbons (Fsp3) is 0.300. The van der Waals surface area contributed by atoms with E-state index in [1.807, 2.05) is 12.1 Å². The molecule has 1 saturated heterocycles. The van der Waals surface area contributed by atoms with Gasteiger partial charge in [-0.15, -0.1) is 0 Å². The third kappa shape index (κ3) is 4.23. The van der Waals surface area contributed by atoms with E-state index in [4.69, 9.17) is 5.14 Å². The van der Waals surface area contributed by atoms with E-state index in [1.54, 1.807) is 36.1 Å². The van der Waals surface area contributed by atoms with Crippen LogP contribution in [0.4, 0.5) is 5.69 Å². The van der Waals surface area contributed by atoms with Gasteiger partial charge in [0.2, 0.25) is 10.0 Å². The highest BCUT2D eigenvalue weighted by atomic mass is 32.2. The quantitative estimate of drug-likeness (QED) is 0.788. The molecule has 148 valence electrons. The van der Waals surface area contributed by atoms with Crippen molar-refractivity contribution >= 4 is 27.4 Å². The third-order valence-electron chi connectivity index (χ3n) is 4.95. The normalized spacial score (nSPS) is 14.8. The van der Waals surface area contributed by atoms with Gasteiger partial charge in [-0.3, -0.25) is 9.59 Å². The van der Waals surface area contributed by atoms with Gasteiger partial charge in [0.1, 0.15) is 0 Å². The standard InChI is InChI=1S/C20H23N3O4S/c1-14-3-4-17(13-19(14)28(21,26)27)20(25)23-11-9-22(10-12-23)18-7-5-16(6-8-18)15(2)24/h3-8,13H,9-12H2,1-2H3,(H2,21,26,27). The number of hydrogen-bond donors (Lipinski definition) is 1. The Morgan fingerprint density at radius 1 is 0.929 bits per heavy atom. The van der Waals surface area contributed by atoms with Gasteiger partial charge >= 0.3 is 0 Å². The molecule has 1 aliphatic rings. The molecule has 1 fully saturated rings. The van der Waals surface area contributed by atoms with E-state index in [9.17, 15) is 18.0 Å². The number of Topliss-reactive ketones (excluding diaryl/α,β-unsaturated/α-hetero) is 1. The van der Waals surface area contributed by atoms with Gasteiger partial charge in [-0.2, -0.15) is 0 Å². The van der Waals surface area contributed by atoms with Crippen molar-refractivity contribution < 1.29 is 18.0 Å². The molecule has 0 atom stereocenters. The number of anilines is 1. The minimum Gasteiger partial charge on any atom is -0.368 e. The average Bonchev–Trinajstić information content (AvgIpc) is 2.67. The molecule has 1 heterocycles. The number of carbonyl (C=O) groups excluding carboxylic acids is 2. The first-order valence-corrected chi connectivity index (χ1v) is 10.5. The van der Waals surface area contributed by atoms with E-state index >= 15 is 0 Å². The van der Waals surface area contributed by atoms with Crippen LogP contribution in [0.25, 0.3) is 0 Å². The number of carbonyl (C=O) groups is 2. The van der Waals surface area contributed by atoms with Gasteiger partial charge in [0.25, 0.3) is 5.91 Å². The molecule has 0 bridgehead atoms. The fourth-order valence-corrected chi connectivity index (χ4v) is 4.10. The Kier molecular flexibility index (Phi) is 5.53. The summed E-state index contributed by atoms with van der Waals surface area (Å²) in [7, 11) is -3.88. The Morgan fingerprint density at radius 2 is 1.50 bits per heavy atom. The van der Waals surface area contributed by atoms with Crippen molar-refractivity contribution in [3.63, 3.8) is 0 Å². The Bertz CT molecular complexity index is 1010. The minimum atomic E-state index is -3.88. The summed E-state index contributed by atoms with van der Waals surface area (Å²) >= 11 is 0. The number of sulfonamides is 1. The monoisotopic (exact) mass is 401 g/mol. The van der Waals surface area contributed by atoms with E-state index in [0.29, 0.717) is 42.9 Å². The lowest BCUT2D eigenvalue weighted by Gasteiger charge is -2.36. The summed E-state index contributed by atoms with van der Waals surface area (Å²) < 4.78 is 23.4. The van der Waals surface area contributed by atoms with Crippen LogP contribution in [-0.4, -0.2) is 51.2 Å². The van der Waals surface area contributed by atoms with Gasteiger partial charge < -0.3 is 9.80 Å². The summed E-state index contributed by atoms with van der Waals surface area (Å²) in [6.07, 6.45) is 0. The van der Waals surface area contributed by atoms with Crippen LogP contribution < -0.4 is 10.0 Å². The Hall–Kier alpha value is -2.71. The topological polar surface area (TPSA) is 101 Å². The van der Waals surface area contributed by atoms with Crippen LogP contribution in [0.2, 0.25) is 0 Å². The average molecular weight is 401 g/mol. The predicted octanol–water partition coefficient (Wildman–Crippen LogP) is 1.81. The van der Waals surface area contributed by atoms with Crippen LogP contribution in [0.3, 0.4) is 0 Å². The van der Waals surface area contributed by atoms with Gasteiger partial charge in [-0.25, -0.2) is 13.6 Å². The molecular weight excluding hydrogens is 378 g/mol. The van der Waals surface area contributed by atoms with Gasteiger partial charge in [-0.05, 0) is 55.8 Å². The number of amides is 1. The van der Waals surface area contributed by atoms with Gasteiger partial charge in [-0.1, -0.05) is 6.07 Å². The molecule has 1 aliphatic heterocycles. The summed E-state index contributed by atoms with van der Waals surface area (Å²) in [4.78, 5) is 28.0. The van der Waals surface area contributed by atoms with Crippen LogP contribution in [0, 0.1) is 6.92 Å². The number of nitrogens with zero attached hydrogens (tertiary/aromatic N) is 2. The molecule has 7 nitrogen and oxygen atoms in total. The first kappa shape index (κ1) is 20.0. The van der Waals surface area contributed by atoms with Crippen molar-refractivity contribution in [3.8, 4) is 0 Å². The van der Waals surface area contributed by atoms with E-state index in [0.717, 1.165) is 5.69 Å². The summed E-state index contributed by atoms with van der Waals surface area (Å²) in [5.41, 5.74) is 2.50. The maximum absolute atomic E-state index is 12.8. The number of primary sulfonamides is 1. The highest BCUT2D eigenvalue weighted by Crippen LogP contribution is 2.20. The number of benzene rings is 2. The van der Waals surface area contributed by atoms with Crippen molar-refractivity contribution in [3.05, 3.63) is 59.2 Å². The lowest BCUT2D eigenvalue weighted by atomic mass is 10.1.